The third-order valence-corrected chi connectivity index (χ3v) is 7.24. The second kappa shape index (κ2) is 10.4. The molecule has 2 saturated heterocycles. The van der Waals surface area contributed by atoms with E-state index in [4.69, 9.17) is 0 Å². The van der Waals surface area contributed by atoms with Gasteiger partial charge in [-0.2, -0.15) is 5.01 Å². The highest BCUT2D eigenvalue weighted by Crippen LogP contribution is 2.38. The Hall–Kier alpha value is -4.17. The molecule has 0 spiro atoms. The van der Waals surface area contributed by atoms with Crippen molar-refractivity contribution in [3.05, 3.63) is 108 Å². The standard InChI is InChI=1S/C29H31N5O3/c1-21(23-14-8-4-9-15-23)32-19-25-33(31(2)29(37)30-18-22-12-6-3-7-13-22)20-26(35)34(25)27(28(32)36)24-16-10-5-11-17-24/h3-17,21,25,27H,18-20H2,1-2H3,(H,30,37)/t21-,25+,27-/m0/s1. The Labute approximate surface area is 217 Å². The number of fused-ring (bicyclic) bond motifs is 1. The van der Waals surface area contributed by atoms with E-state index >= 15 is 0 Å². The fourth-order valence-corrected chi connectivity index (χ4v) is 5.19. The maximum absolute atomic E-state index is 13.9. The lowest BCUT2D eigenvalue weighted by Crippen LogP contribution is -2.62. The molecule has 2 fully saturated rings. The lowest BCUT2D eigenvalue weighted by Gasteiger charge is -2.47. The number of rotatable bonds is 6. The quantitative estimate of drug-likeness (QED) is 0.565. The molecule has 8 heteroatoms. The molecule has 3 atom stereocenters. The molecule has 3 aromatic rings. The molecule has 0 radical (unpaired) electrons. The third-order valence-electron chi connectivity index (χ3n) is 7.24. The summed E-state index contributed by atoms with van der Waals surface area (Å²) >= 11 is 0. The number of hydrogen-bond donors (Lipinski definition) is 1. The molecule has 1 N–H and O–H groups in total. The second-order valence-corrected chi connectivity index (χ2v) is 9.44. The summed E-state index contributed by atoms with van der Waals surface area (Å²) in [7, 11) is 1.66. The van der Waals surface area contributed by atoms with Crippen LogP contribution in [0.4, 0.5) is 4.79 Å². The van der Waals surface area contributed by atoms with Gasteiger partial charge >= 0.3 is 6.03 Å². The zero-order valence-corrected chi connectivity index (χ0v) is 21.0. The largest absolute Gasteiger partial charge is 0.333 e. The smallest absolute Gasteiger partial charge is 0.332 e. The van der Waals surface area contributed by atoms with Crippen molar-refractivity contribution in [3.8, 4) is 0 Å². The molecule has 190 valence electrons. The number of urea groups is 1. The van der Waals surface area contributed by atoms with Crippen molar-refractivity contribution in [2.75, 3.05) is 20.1 Å². The Morgan fingerprint density at radius 3 is 2.19 bits per heavy atom. The van der Waals surface area contributed by atoms with Crippen LogP contribution < -0.4 is 5.32 Å². The number of carbonyl (C=O) groups excluding carboxylic acids is 3. The van der Waals surface area contributed by atoms with Gasteiger partial charge in [0.15, 0.2) is 0 Å². The first-order valence-corrected chi connectivity index (χ1v) is 12.5. The van der Waals surface area contributed by atoms with Crippen LogP contribution in [0.3, 0.4) is 0 Å². The third kappa shape index (κ3) is 4.80. The topological polar surface area (TPSA) is 76.2 Å². The minimum atomic E-state index is -0.760. The first-order chi connectivity index (χ1) is 18.0. The summed E-state index contributed by atoms with van der Waals surface area (Å²) in [5.41, 5.74) is 2.76. The monoisotopic (exact) mass is 497 g/mol. The molecule has 0 saturated carbocycles. The predicted molar refractivity (Wildman–Crippen MR) is 140 cm³/mol. The highest BCUT2D eigenvalue weighted by Gasteiger charge is 2.53. The highest BCUT2D eigenvalue weighted by molar-refractivity contribution is 5.92. The van der Waals surface area contributed by atoms with Gasteiger partial charge in [0.2, 0.25) is 5.91 Å². The number of piperazine rings is 1. The fourth-order valence-electron chi connectivity index (χ4n) is 5.19. The predicted octanol–water partition coefficient (Wildman–Crippen LogP) is 3.56. The SMILES string of the molecule is C[C@@H](c1ccccc1)N1C[C@H]2N(C(=O)CN2N(C)C(=O)NCc2ccccc2)[C@@H](c2ccccc2)C1=O. The van der Waals surface area contributed by atoms with Gasteiger partial charge in [-0.15, -0.1) is 0 Å². The van der Waals surface area contributed by atoms with Crippen LogP contribution in [-0.2, 0) is 16.1 Å². The Kier molecular flexibility index (Phi) is 6.92. The van der Waals surface area contributed by atoms with E-state index < -0.39 is 12.2 Å². The van der Waals surface area contributed by atoms with E-state index in [9.17, 15) is 14.4 Å². The molecule has 0 aromatic heterocycles. The zero-order chi connectivity index (χ0) is 25.9. The summed E-state index contributed by atoms with van der Waals surface area (Å²) in [6, 6.07) is 27.7. The number of nitrogens with zero attached hydrogens (tertiary/aromatic N) is 4. The molecule has 2 heterocycles. The van der Waals surface area contributed by atoms with Crippen LogP contribution in [0.5, 0.6) is 0 Å². The van der Waals surface area contributed by atoms with Gasteiger partial charge in [0, 0.05) is 13.6 Å². The molecule has 0 unspecified atom stereocenters. The summed E-state index contributed by atoms with van der Waals surface area (Å²) in [6.45, 7) is 2.69. The lowest BCUT2D eigenvalue weighted by atomic mass is 9.97. The molecular weight excluding hydrogens is 466 g/mol. The van der Waals surface area contributed by atoms with E-state index in [0.717, 1.165) is 16.7 Å². The van der Waals surface area contributed by atoms with E-state index in [1.54, 1.807) is 17.0 Å². The van der Waals surface area contributed by atoms with Crippen LogP contribution >= 0.6 is 0 Å². The van der Waals surface area contributed by atoms with Gasteiger partial charge in [-0.3, -0.25) is 14.6 Å². The second-order valence-electron chi connectivity index (χ2n) is 9.44. The minimum absolute atomic E-state index is 0.0180. The highest BCUT2D eigenvalue weighted by atomic mass is 16.2. The van der Waals surface area contributed by atoms with E-state index in [0.29, 0.717) is 13.1 Å². The van der Waals surface area contributed by atoms with Crippen molar-refractivity contribution in [1.82, 2.24) is 25.1 Å². The van der Waals surface area contributed by atoms with Crippen molar-refractivity contribution in [1.29, 1.82) is 0 Å². The molecule has 0 bridgehead atoms. The van der Waals surface area contributed by atoms with Crippen LogP contribution in [0.25, 0.3) is 0 Å². The van der Waals surface area contributed by atoms with Crippen LogP contribution in [0.15, 0.2) is 91.0 Å². The number of hydrogen-bond acceptors (Lipinski definition) is 4. The van der Waals surface area contributed by atoms with Gasteiger partial charge in [0.05, 0.1) is 19.1 Å². The number of benzene rings is 3. The van der Waals surface area contributed by atoms with E-state index in [1.165, 1.54) is 5.01 Å². The van der Waals surface area contributed by atoms with Crippen molar-refractivity contribution in [2.45, 2.75) is 31.7 Å². The van der Waals surface area contributed by atoms with Gasteiger partial charge in [-0.25, -0.2) is 4.79 Å². The van der Waals surface area contributed by atoms with Gasteiger partial charge in [0.1, 0.15) is 12.2 Å². The maximum atomic E-state index is 13.9. The van der Waals surface area contributed by atoms with Crippen molar-refractivity contribution < 1.29 is 14.4 Å². The van der Waals surface area contributed by atoms with Crippen LogP contribution in [-0.4, -0.2) is 64.0 Å². The zero-order valence-electron chi connectivity index (χ0n) is 21.0. The first-order valence-electron chi connectivity index (χ1n) is 12.5. The summed E-state index contributed by atoms with van der Waals surface area (Å²) in [4.78, 5) is 43.9. The molecule has 37 heavy (non-hydrogen) atoms. The molecule has 3 aromatic carbocycles. The number of carbonyl (C=O) groups is 3. The lowest BCUT2D eigenvalue weighted by molar-refractivity contribution is -0.159. The number of nitrogens with one attached hydrogen (secondary N) is 1. The first kappa shape index (κ1) is 24.5. The Morgan fingerprint density at radius 2 is 1.54 bits per heavy atom. The summed E-state index contributed by atoms with van der Waals surface area (Å²) in [5.74, 6) is -0.299. The maximum Gasteiger partial charge on any atom is 0.332 e. The van der Waals surface area contributed by atoms with Gasteiger partial charge < -0.3 is 15.1 Å². The summed E-state index contributed by atoms with van der Waals surface area (Å²) in [5, 5.41) is 6.16. The van der Waals surface area contributed by atoms with Crippen LogP contribution in [0, 0.1) is 0 Å². The number of amides is 4. The van der Waals surface area contributed by atoms with Crippen LogP contribution in [0.1, 0.15) is 35.7 Å². The van der Waals surface area contributed by atoms with Gasteiger partial charge in [-0.1, -0.05) is 91.0 Å². The van der Waals surface area contributed by atoms with E-state index in [2.05, 4.69) is 5.32 Å². The Morgan fingerprint density at radius 1 is 0.946 bits per heavy atom. The molecule has 0 aliphatic carbocycles. The van der Waals surface area contributed by atoms with Gasteiger partial charge in [-0.05, 0) is 23.6 Å². The van der Waals surface area contributed by atoms with Crippen molar-refractivity contribution in [2.24, 2.45) is 0 Å². The van der Waals surface area contributed by atoms with E-state index in [-0.39, 0.29) is 30.4 Å². The molecule has 8 nitrogen and oxygen atoms in total. The average Bonchev–Trinajstić information content (AvgIpc) is 3.27. The van der Waals surface area contributed by atoms with Crippen LogP contribution in [0.2, 0.25) is 0 Å². The fraction of sp³-hybridized carbons (Fsp3) is 0.276. The summed E-state index contributed by atoms with van der Waals surface area (Å²) < 4.78 is 0. The number of hydrazine groups is 1. The average molecular weight is 498 g/mol. The molecule has 2 aliphatic heterocycles. The van der Waals surface area contributed by atoms with Crippen molar-refractivity contribution in [3.63, 3.8) is 0 Å². The normalized spacial score (nSPS) is 20.5. The van der Waals surface area contributed by atoms with Gasteiger partial charge in [0.25, 0.3) is 5.91 Å². The minimum Gasteiger partial charge on any atom is -0.333 e. The molecule has 2 aliphatic rings. The Bertz CT molecular complexity index is 1250. The Balaban J connectivity index is 1.43. The molecule has 5 rings (SSSR count). The summed E-state index contributed by atoms with van der Waals surface area (Å²) in [6.07, 6.45) is -0.478. The molecular formula is C29H31N5O3. The van der Waals surface area contributed by atoms with Crippen molar-refractivity contribution >= 4 is 17.8 Å². The van der Waals surface area contributed by atoms with E-state index in [1.807, 2.05) is 103 Å². The molecule has 4 amide bonds.